The molecule has 1 fully saturated rings. The number of fused-ring (bicyclic) bond motifs is 1. The number of aliphatic hydroxyl groups excluding tert-OH is 1. The summed E-state index contributed by atoms with van der Waals surface area (Å²) in [6.45, 7) is 2.06. The van der Waals surface area contributed by atoms with E-state index in [1.54, 1.807) is 24.3 Å². The van der Waals surface area contributed by atoms with Crippen molar-refractivity contribution in [1.29, 1.82) is 0 Å². The van der Waals surface area contributed by atoms with Gasteiger partial charge >= 0.3 is 0 Å². The predicted molar refractivity (Wildman–Crippen MR) is 111 cm³/mol. The zero-order chi connectivity index (χ0) is 19.9. The van der Waals surface area contributed by atoms with Crippen LogP contribution in [0, 0.1) is 0 Å². The Morgan fingerprint density at radius 2 is 1.86 bits per heavy atom. The Morgan fingerprint density at radius 3 is 2.50 bits per heavy atom. The first-order valence-corrected chi connectivity index (χ1v) is 11.7. The molecule has 0 saturated carbocycles. The van der Waals surface area contributed by atoms with E-state index in [1.807, 2.05) is 24.3 Å². The van der Waals surface area contributed by atoms with Crippen LogP contribution in [-0.4, -0.2) is 45.9 Å². The third-order valence-corrected chi connectivity index (χ3v) is 8.07. The van der Waals surface area contributed by atoms with Crippen molar-refractivity contribution >= 4 is 32.5 Å². The van der Waals surface area contributed by atoms with Crippen LogP contribution in [-0.2, 0) is 16.3 Å². The number of thioether (sulfide) groups is 1. The molecule has 146 valence electrons. The summed E-state index contributed by atoms with van der Waals surface area (Å²) in [5.41, 5.74) is 2.15. The second kappa shape index (κ2) is 7.35. The van der Waals surface area contributed by atoms with E-state index in [9.17, 15) is 18.3 Å². The fourth-order valence-electron chi connectivity index (χ4n) is 3.34. The third-order valence-electron chi connectivity index (χ3n) is 4.88. The standard InChI is InChI=1S/C20H20N2O4S2/c1-2-13-7-9-14(10-8-13)22-19(24)15-5-3-4-6-16(15)21-20(22)27-18-12-28(25,26)11-17(18)23/h3-10,17-18,23H,2,11-12H2,1H3/t17-,18-/m0/s1. The monoisotopic (exact) mass is 416 g/mol. The van der Waals surface area contributed by atoms with Crippen LogP contribution >= 0.6 is 11.8 Å². The van der Waals surface area contributed by atoms with E-state index in [-0.39, 0.29) is 17.1 Å². The van der Waals surface area contributed by atoms with E-state index in [2.05, 4.69) is 11.9 Å². The van der Waals surface area contributed by atoms with Gasteiger partial charge < -0.3 is 5.11 Å². The van der Waals surface area contributed by atoms with Crippen LogP contribution in [0.3, 0.4) is 0 Å². The van der Waals surface area contributed by atoms with E-state index in [4.69, 9.17) is 0 Å². The molecule has 1 N–H and O–H groups in total. The van der Waals surface area contributed by atoms with Gasteiger partial charge in [0.2, 0.25) is 0 Å². The van der Waals surface area contributed by atoms with Gasteiger partial charge in [-0.25, -0.2) is 13.4 Å². The highest BCUT2D eigenvalue weighted by Gasteiger charge is 2.38. The molecule has 3 aromatic rings. The normalized spacial score (nSPS) is 21.2. The van der Waals surface area contributed by atoms with E-state index in [0.717, 1.165) is 23.7 Å². The van der Waals surface area contributed by atoms with Gasteiger partial charge in [0.05, 0.1) is 39.4 Å². The lowest BCUT2D eigenvalue weighted by molar-refractivity contribution is 0.207. The van der Waals surface area contributed by atoms with Crippen molar-refractivity contribution in [2.75, 3.05) is 11.5 Å². The summed E-state index contributed by atoms with van der Waals surface area (Å²) < 4.78 is 25.3. The van der Waals surface area contributed by atoms with Crippen LogP contribution in [0.1, 0.15) is 12.5 Å². The van der Waals surface area contributed by atoms with Crippen LogP contribution in [0.25, 0.3) is 16.6 Å². The summed E-state index contributed by atoms with van der Waals surface area (Å²) >= 11 is 1.14. The number of hydrogen-bond acceptors (Lipinski definition) is 6. The lowest BCUT2D eigenvalue weighted by Crippen LogP contribution is -2.25. The van der Waals surface area contributed by atoms with Gasteiger partial charge in [0.25, 0.3) is 5.56 Å². The van der Waals surface area contributed by atoms with Crippen LogP contribution < -0.4 is 5.56 Å². The maximum absolute atomic E-state index is 13.2. The van der Waals surface area contributed by atoms with Gasteiger partial charge in [-0.3, -0.25) is 9.36 Å². The van der Waals surface area contributed by atoms with E-state index < -0.39 is 21.2 Å². The Morgan fingerprint density at radius 1 is 1.14 bits per heavy atom. The third kappa shape index (κ3) is 3.59. The van der Waals surface area contributed by atoms with Crippen molar-refractivity contribution < 1.29 is 13.5 Å². The molecule has 1 aliphatic heterocycles. The number of nitrogens with zero attached hydrogens (tertiary/aromatic N) is 2. The zero-order valence-electron chi connectivity index (χ0n) is 15.3. The minimum absolute atomic E-state index is 0.129. The molecule has 8 heteroatoms. The lowest BCUT2D eigenvalue weighted by atomic mass is 10.1. The number of benzene rings is 2. The maximum atomic E-state index is 13.2. The summed E-state index contributed by atoms with van der Waals surface area (Å²) in [7, 11) is -3.29. The summed E-state index contributed by atoms with van der Waals surface area (Å²) in [5.74, 6) is -0.385. The molecule has 1 saturated heterocycles. The largest absolute Gasteiger partial charge is 0.391 e. The zero-order valence-corrected chi connectivity index (χ0v) is 16.9. The highest BCUT2D eigenvalue weighted by molar-refractivity contribution is 8.01. The highest BCUT2D eigenvalue weighted by atomic mass is 32.2. The molecule has 0 aliphatic carbocycles. The molecule has 0 unspecified atom stereocenters. The second-order valence-corrected chi connectivity index (χ2v) is 10.2. The summed E-state index contributed by atoms with van der Waals surface area (Å²) in [6.07, 6.45) is -0.0897. The molecule has 0 bridgehead atoms. The van der Waals surface area contributed by atoms with E-state index in [1.165, 1.54) is 4.57 Å². The first-order valence-electron chi connectivity index (χ1n) is 9.04. The smallest absolute Gasteiger partial charge is 0.266 e. The van der Waals surface area contributed by atoms with Crippen molar-refractivity contribution in [2.24, 2.45) is 0 Å². The molecular weight excluding hydrogens is 396 g/mol. The van der Waals surface area contributed by atoms with Crippen molar-refractivity contribution in [3.8, 4) is 5.69 Å². The van der Waals surface area contributed by atoms with E-state index in [0.29, 0.717) is 21.7 Å². The predicted octanol–water partition coefficient (Wildman–Crippen LogP) is 2.20. The molecule has 2 atom stereocenters. The molecule has 0 amide bonds. The number of para-hydroxylation sites is 1. The van der Waals surface area contributed by atoms with Crippen LogP contribution in [0.4, 0.5) is 0 Å². The maximum Gasteiger partial charge on any atom is 0.266 e. The molecule has 4 rings (SSSR count). The van der Waals surface area contributed by atoms with Crippen molar-refractivity contribution in [2.45, 2.75) is 29.9 Å². The molecule has 0 spiro atoms. The number of hydrogen-bond donors (Lipinski definition) is 1. The second-order valence-electron chi connectivity index (χ2n) is 6.87. The molecule has 2 heterocycles. The van der Waals surface area contributed by atoms with Gasteiger partial charge in [-0.05, 0) is 36.2 Å². The number of sulfone groups is 1. The van der Waals surface area contributed by atoms with Gasteiger partial charge in [0.1, 0.15) is 0 Å². The number of rotatable bonds is 4. The minimum Gasteiger partial charge on any atom is -0.391 e. The minimum atomic E-state index is -3.29. The Hall–Kier alpha value is -2.16. The van der Waals surface area contributed by atoms with Gasteiger partial charge in [-0.1, -0.05) is 43.0 Å². The van der Waals surface area contributed by atoms with Crippen LogP contribution in [0.2, 0.25) is 0 Å². The Bertz CT molecular complexity index is 1190. The quantitative estimate of drug-likeness (QED) is 0.656. The SMILES string of the molecule is CCc1ccc(-n2c(S[C@H]3CS(=O)(=O)C[C@@H]3O)nc3ccccc3c2=O)cc1. The summed E-state index contributed by atoms with van der Waals surface area (Å²) in [5, 5.41) is 10.5. The summed E-state index contributed by atoms with van der Waals surface area (Å²) in [6, 6.07) is 14.7. The van der Waals surface area contributed by atoms with Gasteiger partial charge in [-0.2, -0.15) is 0 Å². The summed E-state index contributed by atoms with van der Waals surface area (Å²) in [4.78, 5) is 17.8. The molecule has 0 radical (unpaired) electrons. The van der Waals surface area contributed by atoms with Crippen molar-refractivity contribution in [1.82, 2.24) is 9.55 Å². The molecule has 2 aromatic carbocycles. The van der Waals surface area contributed by atoms with Crippen LogP contribution in [0.5, 0.6) is 0 Å². The molecule has 28 heavy (non-hydrogen) atoms. The van der Waals surface area contributed by atoms with Gasteiger partial charge in [0.15, 0.2) is 15.0 Å². The number of aryl methyl sites for hydroxylation is 1. The Balaban J connectivity index is 1.87. The number of aromatic nitrogens is 2. The molecule has 1 aliphatic rings. The topological polar surface area (TPSA) is 89.3 Å². The molecule has 1 aromatic heterocycles. The fourth-order valence-corrected chi connectivity index (χ4v) is 6.94. The lowest BCUT2D eigenvalue weighted by Gasteiger charge is -2.17. The van der Waals surface area contributed by atoms with Crippen molar-refractivity contribution in [3.63, 3.8) is 0 Å². The Labute approximate surface area is 167 Å². The van der Waals surface area contributed by atoms with E-state index >= 15 is 0 Å². The molecule has 6 nitrogen and oxygen atoms in total. The highest BCUT2D eigenvalue weighted by Crippen LogP contribution is 2.31. The average Bonchev–Trinajstić information content (AvgIpc) is 2.93. The van der Waals surface area contributed by atoms with Crippen LogP contribution in [0.15, 0.2) is 58.5 Å². The Kier molecular flexibility index (Phi) is 5.03. The van der Waals surface area contributed by atoms with Gasteiger partial charge in [0, 0.05) is 0 Å². The first-order chi connectivity index (χ1) is 13.4. The van der Waals surface area contributed by atoms with Gasteiger partial charge in [-0.15, -0.1) is 0 Å². The number of aliphatic hydroxyl groups is 1. The molecular formula is C20H20N2O4S2. The first kappa shape index (κ1) is 19.2. The van der Waals surface area contributed by atoms with Crippen molar-refractivity contribution in [3.05, 3.63) is 64.4 Å². The average molecular weight is 417 g/mol. The fraction of sp³-hybridized carbons (Fsp3) is 0.300.